The fourth-order valence-electron chi connectivity index (χ4n) is 1.07. The van der Waals surface area contributed by atoms with Crippen molar-refractivity contribution in [2.24, 2.45) is 0 Å². The molecule has 0 saturated heterocycles. The van der Waals surface area contributed by atoms with Crippen LogP contribution in [0.25, 0.3) is 0 Å². The van der Waals surface area contributed by atoms with Gasteiger partial charge >= 0.3 is 0 Å². The number of sulfone groups is 1. The quantitative estimate of drug-likeness (QED) is 0.738. The van der Waals surface area contributed by atoms with Crippen LogP contribution in [-0.4, -0.2) is 25.7 Å². The Morgan fingerprint density at radius 3 is 2.47 bits per heavy atom. The molecule has 0 spiro atoms. The SMILES string of the molecule is C[C@H](C(=O)c1cccc(F)c1)S(C)(=O)=O. The highest BCUT2D eigenvalue weighted by molar-refractivity contribution is 7.92. The average Bonchev–Trinajstić information content (AvgIpc) is 2.14. The second-order valence-corrected chi connectivity index (χ2v) is 5.71. The molecule has 1 aromatic carbocycles. The van der Waals surface area contributed by atoms with Crippen molar-refractivity contribution >= 4 is 15.6 Å². The van der Waals surface area contributed by atoms with Gasteiger partial charge in [0.1, 0.15) is 11.1 Å². The third-order valence-electron chi connectivity index (χ3n) is 2.12. The topological polar surface area (TPSA) is 51.2 Å². The molecule has 0 N–H and O–H groups in total. The van der Waals surface area contributed by atoms with Crippen molar-refractivity contribution in [3.63, 3.8) is 0 Å². The number of ketones is 1. The number of hydrogen-bond donors (Lipinski definition) is 0. The second-order valence-electron chi connectivity index (χ2n) is 3.35. The zero-order chi connectivity index (χ0) is 11.6. The van der Waals surface area contributed by atoms with Crippen molar-refractivity contribution in [3.8, 4) is 0 Å². The predicted octanol–water partition coefficient (Wildman–Crippen LogP) is 1.44. The summed E-state index contributed by atoms with van der Waals surface area (Å²) in [4.78, 5) is 11.6. The third-order valence-corrected chi connectivity index (χ3v) is 3.62. The molecule has 82 valence electrons. The van der Waals surface area contributed by atoms with Gasteiger partial charge in [0.15, 0.2) is 15.6 Å². The van der Waals surface area contributed by atoms with Crippen molar-refractivity contribution < 1.29 is 17.6 Å². The highest BCUT2D eigenvalue weighted by atomic mass is 32.2. The minimum atomic E-state index is -3.44. The Balaban J connectivity index is 3.06. The maximum Gasteiger partial charge on any atom is 0.180 e. The first-order valence-corrected chi connectivity index (χ1v) is 6.26. The number of hydrogen-bond acceptors (Lipinski definition) is 3. The van der Waals surface area contributed by atoms with Crippen molar-refractivity contribution in [1.29, 1.82) is 0 Å². The number of Topliss-reactive ketones (excluding diaryl/α,β-unsaturated/α-hetero) is 1. The van der Waals surface area contributed by atoms with Gasteiger partial charge in [-0.2, -0.15) is 0 Å². The molecule has 0 heterocycles. The van der Waals surface area contributed by atoms with Crippen molar-refractivity contribution in [2.45, 2.75) is 12.2 Å². The number of benzene rings is 1. The molecule has 0 aliphatic heterocycles. The maximum absolute atomic E-state index is 12.8. The van der Waals surface area contributed by atoms with E-state index in [0.717, 1.165) is 12.3 Å². The van der Waals surface area contributed by atoms with Gasteiger partial charge in [0.25, 0.3) is 0 Å². The summed E-state index contributed by atoms with van der Waals surface area (Å²) in [5.41, 5.74) is 0.0768. The zero-order valence-corrected chi connectivity index (χ0v) is 9.21. The summed E-state index contributed by atoms with van der Waals surface area (Å²) in [6, 6.07) is 5.00. The first-order chi connectivity index (χ1) is 6.82. The van der Waals surface area contributed by atoms with Crippen LogP contribution in [0.5, 0.6) is 0 Å². The molecule has 1 rings (SSSR count). The minimum absolute atomic E-state index is 0.0768. The maximum atomic E-state index is 12.8. The summed E-state index contributed by atoms with van der Waals surface area (Å²) in [6.45, 7) is 1.29. The molecule has 0 radical (unpaired) electrons. The Labute approximate surface area is 87.8 Å². The Morgan fingerprint density at radius 1 is 1.40 bits per heavy atom. The van der Waals surface area contributed by atoms with Crippen molar-refractivity contribution in [1.82, 2.24) is 0 Å². The Kier molecular flexibility index (Phi) is 3.24. The van der Waals surface area contributed by atoms with Crippen LogP contribution in [0.2, 0.25) is 0 Å². The van der Waals surface area contributed by atoms with E-state index in [0.29, 0.717) is 0 Å². The van der Waals surface area contributed by atoms with Gasteiger partial charge < -0.3 is 0 Å². The summed E-state index contributed by atoms with van der Waals surface area (Å²) in [5.74, 6) is -1.14. The Morgan fingerprint density at radius 2 is 2.00 bits per heavy atom. The van der Waals surface area contributed by atoms with Crippen LogP contribution in [0.3, 0.4) is 0 Å². The molecular weight excluding hydrogens is 219 g/mol. The van der Waals surface area contributed by atoms with Crippen LogP contribution in [0.1, 0.15) is 17.3 Å². The van der Waals surface area contributed by atoms with E-state index in [1.165, 1.54) is 25.1 Å². The van der Waals surface area contributed by atoms with Crippen molar-refractivity contribution in [2.75, 3.05) is 6.26 Å². The van der Waals surface area contributed by atoms with E-state index in [1.54, 1.807) is 0 Å². The smallest absolute Gasteiger partial charge is 0.180 e. The largest absolute Gasteiger partial charge is 0.293 e. The van der Waals surface area contributed by atoms with Gasteiger partial charge in [0.05, 0.1) is 0 Å². The molecule has 0 aromatic heterocycles. The minimum Gasteiger partial charge on any atom is -0.293 e. The van der Waals surface area contributed by atoms with E-state index in [-0.39, 0.29) is 5.56 Å². The van der Waals surface area contributed by atoms with E-state index in [9.17, 15) is 17.6 Å². The van der Waals surface area contributed by atoms with Crippen LogP contribution < -0.4 is 0 Å². The molecule has 0 aliphatic carbocycles. The predicted molar refractivity (Wildman–Crippen MR) is 55.0 cm³/mol. The van der Waals surface area contributed by atoms with Crippen molar-refractivity contribution in [3.05, 3.63) is 35.6 Å². The van der Waals surface area contributed by atoms with Gasteiger partial charge in [-0.05, 0) is 19.1 Å². The van der Waals surface area contributed by atoms with Gasteiger partial charge in [0.2, 0.25) is 0 Å². The molecule has 0 saturated carbocycles. The first kappa shape index (κ1) is 11.8. The van der Waals surface area contributed by atoms with Crippen LogP contribution in [0.15, 0.2) is 24.3 Å². The number of rotatable bonds is 3. The number of carbonyl (C=O) groups excluding carboxylic acids is 1. The van der Waals surface area contributed by atoms with Gasteiger partial charge in [-0.1, -0.05) is 12.1 Å². The van der Waals surface area contributed by atoms with Crippen LogP contribution in [-0.2, 0) is 9.84 Å². The van der Waals surface area contributed by atoms with E-state index < -0.39 is 26.7 Å². The fourth-order valence-corrected chi connectivity index (χ4v) is 1.60. The van der Waals surface area contributed by atoms with E-state index in [2.05, 4.69) is 0 Å². The van der Waals surface area contributed by atoms with E-state index in [1.807, 2.05) is 0 Å². The highest BCUT2D eigenvalue weighted by Gasteiger charge is 2.24. The molecule has 1 atom stereocenters. The van der Waals surface area contributed by atoms with E-state index in [4.69, 9.17) is 0 Å². The lowest BCUT2D eigenvalue weighted by molar-refractivity contribution is 0.0991. The molecule has 15 heavy (non-hydrogen) atoms. The molecule has 5 heteroatoms. The molecule has 0 amide bonds. The van der Waals surface area contributed by atoms with Crippen LogP contribution in [0.4, 0.5) is 4.39 Å². The molecule has 0 bridgehead atoms. The van der Waals surface area contributed by atoms with Gasteiger partial charge in [0, 0.05) is 11.8 Å². The van der Waals surface area contributed by atoms with Gasteiger partial charge in [-0.25, -0.2) is 12.8 Å². The Hall–Kier alpha value is -1.23. The molecular formula is C10H11FO3S. The summed E-state index contributed by atoms with van der Waals surface area (Å²) < 4.78 is 35.0. The van der Waals surface area contributed by atoms with E-state index >= 15 is 0 Å². The lowest BCUT2D eigenvalue weighted by Crippen LogP contribution is -2.26. The molecule has 0 fully saturated rings. The Bertz CT molecular complexity index is 479. The number of halogens is 1. The van der Waals surface area contributed by atoms with Gasteiger partial charge in [-0.15, -0.1) is 0 Å². The summed E-state index contributed by atoms with van der Waals surface area (Å²) in [7, 11) is -3.44. The zero-order valence-electron chi connectivity index (χ0n) is 8.40. The van der Waals surface area contributed by atoms with Gasteiger partial charge in [-0.3, -0.25) is 4.79 Å². The first-order valence-electron chi connectivity index (χ1n) is 4.31. The molecule has 3 nitrogen and oxygen atoms in total. The third kappa shape index (κ3) is 2.86. The lowest BCUT2D eigenvalue weighted by atomic mass is 10.1. The average molecular weight is 230 g/mol. The van der Waals surface area contributed by atoms with Crippen LogP contribution >= 0.6 is 0 Å². The molecule has 1 aromatic rings. The molecule has 0 aliphatic rings. The normalized spacial score (nSPS) is 13.5. The lowest BCUT2D eigenvalue weighted by Gasteiger charge is -2.07. The summed E-state index contributed by atoms with van der Waals surface area (Å²) in [5, 5.41) is -1.14. The fraction of sp³-hybridized carbons (Fsp3) is 0.300. The molecule has 0 unspecified atom stereocenters. The highest BCUT2D eigenvalue weighted by Crippen LogP contribution is 2.10. The summed E-state index contributed by atoms with van der Waals surface area (Å²) >= 11 is 0. The van der Waals surface area contributed by atoms with Crippen LogP contribution in [0, 0.1) is 5.82 Å². The second kappa shape index (κ2) is 4.10. The summed E-state index contributed by atoms with van der Waals surface area (Å²) in [6.07, 6.45) is 0.981. The number of carbonyl (C=O) groups is 1. The monoisotopic (exact) mass is 230 g/mol. The standard InChI is InChI=1S/C10H11FO3S/c1-7(15(2,13)14)10(12)8-4-3-5-9(11)6-8/h3-7H,1-2H3/t7-/m1/s1.